The van der Waals surface area contributed by atoms with Gasteiger partial charge in [-0.1, -0.05) is 28.9 Å². The molecule has 0 N–H and O–H groups in total. The maximum absolute atomic E-state index is 14.5. The lowest BCUT2D eigenvalue weighted by Crippen LogP contribution is -2.17. The Kier molecular flexibility index (Phi) is 8.22. The predicted octanol–water partition coefficient (Wildman–Crippen LogP) is 5.02. The third-order valence-electron chi connectivity index (χ3n) is 6.53. The van der Waals surface area contributed by atoms with Gasteiger partial charge in [0.25, 0.3) is 10.1 Å². The molecule has 1 unspecified atom stereocenters. The van der Waals surface area contributed by atoms with Crippen LogP contribution in [0.25, 0.3) is 5.69 Å². The number of rotatable bonds is 12. The van der Waals surface area contributed by atoms with Crippen LogP contribution in [0.3, 0.4) is 0 Å². The van der Waals surface area contributed by atoms with Crippen LogP contribution in [0.15, 0.2) is 54.7 Å². The van der Waals surface area contributed by atoms with Crippen LogP contribution in [0.2, 0.25) is 5.15 Å². The van der Waals surface area contributed by atoms with Gasteiger partial charge in [-0.3, -0.25) is 8.86 Å². The van der Waals surface area contributed by atoms with Crippen LogP contribution in [-0.2, 0) is 32.2 Å². The molecule has 1 aliphatic carbocycles. The fourth-order valence-corrected chi connectivity index (χ4v) is 5.07. The van der Waals surface area contributed by atoms with Crippen LogP contribution in [0.1, 0.15) is 54.5 Å². The van der Waals surface area contributed by atoms with Gasteiger partial charge in [-0.2, -0.15) is 13.5 Å². The standard InChI is InChI=1S/C27H29ClFN5O5S/c1-17(38-16-19-6-9-21(37-2)10-7-19)22-12-20(29)8-11-24(22)34-25(13-26(28)31-34)27(39-40(3,35)36)23-15-33(32-30-23)14-18-4-5-18/h6-13,15,17-18,27H,4-5,14,16H2,1-3H3/t17-,27?/m1/s1. The number of hydrogen-bond acceptors (Lipinski definition) is 8. The van der Waals surface area contributed by atoms with Gasteiger partial charge in [0.2, 0.25) is 0 Å². The highest BCUT2D eigenvalue weighted by molar-refractivity contribution is 7.86. The van der Waals surface area contributed by atoms with Gasteiger partial charge in [0, 0.05) is 18.2 Å². The van der Waals surface area contributed by atoms with Crippen molar-refractivity contribution in [3.05, 3.63) is 88.2 Å². The summed E-state index contributed by atoms with van der Waals surface area (Å²) >= 11 is 6.34. The fourth-order valence-electron chi connectivity index (χ4n) is 4.33. The second kappa shape index (κ2) is 11.7. The summed E-state index contributed by atoms with van der Waals surface area (Å²) in [6.07, 6.45) is 3.08. The molecule has 4 aromatic rings. The van der Waals surface area contributed by atoms with Gasteiger partial charge in [-0.15, -0.1) is 5.10 Å². The molecule has 212 valence electrons. The fraction of sp³-hybridized carbons (Fsp3) is 0.370. The first-order valence-corrected chi connectivity index (χ1v) is 14.9. The maximum Gasteiger partial charge on any atom is 0.265 e. The molecule has 0 saturated heterocycles. The van der Waals surface area contributed by atoms with Crippen molar-refractivity contribution in [2.24, 2.45) is 5.92 Å². The molecule has 2 heterocycles. The molecule has 1 aliphatic rings. The SMILES string of the molecule is COc1ccc(CO[C@H](C)c2cc(F)ccc2-n2nc(Cl)cc2C(OS(C)(=O)=O)c2cn(CC3CC3)nn2)cc1. The lowest BCUT2D eigenvalue weighted by atomic mass is 10.1. The van der Waals surface area contributed by atoms with E-state index in [9.17, 15) is 12.8 Å². The average Bonchev–Trinajstić information content (AvgIpc) is 3.47. The number of benzene rings is 2. The quantitative estimate of drug-likeness (QED) is 0.212. The molecule has 0 radical (unpaired) electrons. The van der Waals surface area contributed by atoms with E-state index < -0.39 is 28.1 Å². The Morgan fingerprint density at radius 1 is 1.15 bits per heavy atom. The second-order valence-corrected chi connectivity index (χ2v) is 11.8. The number of methoxy groups -OCH3 is 1. The Labute approximate surface area is 236 Å². The van der Waals surface area contributed by atoms with E-state index >= 15 is 0 Å². The summed E-state index contributed by atoms with van der Waals surface area (Å²) < 4.78 is 59.0. The van der Waals surface area contributed by atoms with Crippen LogP contribution in [-0.4, -0.2) is 46.6 Å². The Morgan fingerprint density at radius 3 is 2.58 bits per heavy atom. The van der Waals surface area contributed by atoms with E-state index in [1.807, 2.05) is 24.3 Å². The molecule has 0 aliphatic heterocycles. The van der Waals surface area contributed by atoms with E-state index in [2.05, 4.69) is 15.4 Å². The highest BCUT2D eigenvalue weighted by Gasteiger charge is 2.30. The molecule has 10 nitrogen and oxygen atoms in total. The van der Waals surface area contributed by atoms with E-state index in [0.29, 0.717) is 23.7 Å². The van der Waals surface area contributed by atoms with Crippen LogP contribution in [0.5, 0.6) is 5.75 Å². The van der Waals surface area contributed by atoms with E-state index in [4.69, 9.17) is 25.3 Å². The number of nitrogens with zero attached hydrogens (tertiary/aromatic N) is 5. The summed E-state index contributed by atoms with van der Waals surface area (Å²) in [5.41, 5.74) is 2.38. The lowest BCUT2D eigenvalue weighted by Gasteiger charge is -2.21. The van der Waals surface area contributed by atoms with Crippen molar-refractivity contribution in [2.45, 2.75) is 45.1 Å². The average molecular weight is 590 g/mol. The number of halogens is 2. The van der Waals surface area contributed by atoms with Crippen LogP contribution >= 0.6 is 11.6 Å². The third-order valence-corrected chi connectivity index (χ3v) is 7.26. The maximum atomic E-state index is 14.5. The molecule has 0 spiro atoms. The van der Waals surface area contributed by atoms with Crippen LogP contribution < -0.4 is 4.74 Å². The normalized spacial score (nSPS) is 15.2. The minimum absolute atomic E-state index is 0.0875. The van der Waals surface area contributed by atoms with Gasteiger partial charge in [0.05, 0.1) is 43.7 Å². The minimum atomic E-state index is -3.94. The molecule has 13 heteroatoms. The van der Waals surface area contributed by atoms with Crippen molar-refractivity contribution in [3.8, 4) is 11.4 Å². The third kappa shape index (κ3) is 6.87. The smallest absolute Gasteiger partial charge is 0.265 e. The van der Waals surface area contributed by atoms with Crippen molar-refractivity contribution in [3.63, 3.8) is 0 Å². The molecule has 2 atom stereocenters. The van der Waals surface area contributed by atoms with Gasteiger partial charge in [-0.05, 0) is 61.6 Å². The first-order chi connectivity index (χ1) is 19.1. The molecule has 1 saturated carbocycles. The Balaban J connectivity index is 1.49. The number of ether oxygens (including phenoxy) is 2. The summed E-state index contributed by atoms with van der Waals surface area (Å²) in [5, 5.41) is 12.8. The molecular formula is C27H29ClFN5O5S. The molecule has 0 bridgehead atoms. The van der Waals surface area contributed by atoms with E-state index in [-0.39, 0.29) is 23.1 Å². The molecule has 40 heavy (non-hydrogen) atoms. The molecule has 5 rings (SSSR count). The van der Waals surface area contributed by atoms with E-state index in [1.54, 1.807) is 24.9 Å². The predicted molar refractivity (Wildman–Crippen MR) is 145 cm³/mol. The molecule has 1 fully saturated rings. The number of aromatic nitrogens is 5. The molecule has 2 aromatic carbocycles. The van der Waals surface area contributed by atoms with E-state index in [0.717, 1.165) is 30.4 Å². The topological polar surface area (TPSA) is 110 Å². The van der Waals surface area contributed by atoms with Crippen molar-refractivity contribution in [1.29, 1.82) is 0 Å². The largest absolute Gasteiger partial charge is 0.497 e. The highest BCUT2D eigenvalue weighted by atomic mass is 35.5. The van der Waals surface area contributed by atoms with Crippen LogP contribution in [0.4, 0.5) is 4.39 Å². The van der Waals surface area contributed by atoms with Crippen molar-refractivity contribution < 1.29 is 26.5 Å². The van der Waals surface area contributed by atoms with Gasteiger partial charge in [0.1, 0.15) is 17.3 Å². The van der Waals surface area contributed by atoms with Gasteiger partial charge in [0.15, 0.2) is 11.3 Å². The second-order valence-electron chi connectivity index (χ2n) is 9.80. The van der Waals surface area contributed by atoms with Gasteiger partial charge >= 0.3 is 0 Å². The minimum Gasteiger partial charge on any atom is -0.497 e. The Bertz CT molecular complexity index is 1590. The van der Waals surface area contributed by atoms with Crippen LogP contribution in [0, 0.1) is 11.7 Å². The zero-order valence-corrected chi connectivity index (χ0v) is 23.8. The van der Waals surface area contributed by atoms with Crippen molar-refractivity contribution in [1.82, 2.24) is 24.8 Å². The summed E-state index contributed by atoms with van der Waals surface area (Å²) in [6, 6.07) is 13.1. The highest BCUT2D eigenvalue weighted by Crippen LogP contribution is 2.35. The number of hydrogen-bond donors (Lipinski definition) is 0. The Morgan fingerprint density at radius 2 is 1.90 bits per heavy atom. The first kappa shape index (κ1) is 28.2. The summed E-state index contributed by atoms with van der Waals surface area (Å²) in [5.74, 6) is 0.793. The Hall–Kier alpha value is -3.32. The molecular weight excluding hydrogens is 561 g/mol. The summed E-state index contributed by atoms with van der Waals surface area (Å²) in [6.45, 7) is 2.74. The zero-order chi connectivity index (χ0) is 28.4. The molecule has 0 amide bonds. The lowest BCUT2D eigenvalue weighted by molar-refractivity contribution is 0.0522. The van der Waals surface area contributed by atoms with Crippen molar-refractivity contribution in [2.75, 3.05) is 13.4 Å². The summed E-state index contributed by atoms with van der Waals surface area (Å²) in [4.78, 5) is 0. The van der Waals surface area contributed by atoms with Gasteiger partial charge in [-0.25, -0.2) is 9.07 Å². The molecule has 2 aromatic heterocycles. The first-order valence-electron chi connectivity index (χ1n) is 12.7. The summed E-state index contributed by atoms with van der Waals surface area (Å²) in [7, 11) is -2.35. The van der Waals surface area contributed by atoms with E-state index in [1.165, 1.54) is 28.9 Å². The van der Waals surface area contributed by atoms with Gasteiger partial charge < -0.3 is 9.47 Å². The zero-order valence-electron chi connectivity index (χ0n) is 22.2. The monoisotopic (exact) mass is 589 g/mol. The van der Waals surface area contributed by atoms with Crippen molar-refractivity contribution >= 4 is 21.7 Å².